The van der Waals surface area contributed by atoms with Crippen LogP contribution in [0.15, 0.2) is 42.5 Å². The molecule has 2 N–H and O–H groups in total. The van der Waals surface area contributed by atoms with Crippen LogP contribution < -0.4 is 9.32 Å². The van der Waals surface area contributed by atoms with E-state index in [1.807, 2.05) is 0 Å². The molecule has 0 heterocycles. The number of carbonyl (C=O) groups is 2. The summed E-state index contributed by atoms with van der Waals surface area (Å²) < 4.78 is 26.8. The van der Waals surface area contributed by atoms with Crippen molar-refractivity contribution in [1.29, 1.82) is 0 Å². The summed E-state index contributed by atoms with van der Waals surface area (Å²) in [5, 5.41) is 4.83. The van der Waals surface area contributed by atoms with Crippen molar-refractivity contribution < 1.29 is 22.2 Å². The van der Waals surface area contributed by atoms with Gasteiger partial charge in [0.25, 0.3) is 0 Å². The fourth-order valence-corrected chi connectivity index (χ4v) is 2.70. The molecule has 0 unspecified atom stereocenters. The molecule has 0 saturated carbocycles. The predicted octanol–water partition coefficient (Wildman–Crippen LogP) is 1.04. The summed E-state index contributed by atoms with van der Waals surface area (Å²) in [6.45, 7) is 0. The van der Waals surface area contributed by atoms with Crippen molar-refractivity contribution in [2.45, 2.75) is 0 Å². The smallest absolute Gasteiger partial charge is 0.370 e. The molecule has 2 aromatic rings. The molecule has 106 valence electrons. The molecule has 0 fully saturated rings. The number of ketones is 2. The Bertz CT molecular complexity index is 886. The highest BCUT2D eigenvalue weighted by atomic mass is 32.2. The molecule has 2 aromatic carbocycles. The van der Waals surface area contributed by atoms with Crippen LogP contribution in [0.1, 0.15) is 31.8 Å². The van der Waals surface area contributed by atoms with E-state index in [1.165, 1.54) is 24.3 Å². The maximum atomic E-state index is 12.5. The van der Waals surface area contributed by atoms with E-state index in [1.54, 1.807) is 18.2 Å². The van der Waals surface area contributed by atoms with Gasteiger partial charge in [-0.05, 0) is 6.07 Å². The first-order valence-electron chi connectivity index (χ1n) is 5.92. The van der Waals surface area contributed by atoms with Crippen LogP contribution in [0.4, 0.5) is 0 Å². The Morgan fingerprint density at radius 1 is 0.810 bits per heavy atom. The summed E-state index contributed by atoms with van der Waals surface area (Å²) in [6.07, 6.45) is 0. The molecule has 0 spiro atoms. The predicted molar refractivity (Wildman–Crippen MR) is 73.5 cm³/mol. The van der Waals surface area contributed by atoms with E-state index in [-0.39, 0.29) is 33.8 Å². The standard InChI is InChI=1S/C14H9NO5S/c15-21(18,19)20-11-7-3-6-10-12(11)14(17)9-5-2-1-4-8(9)13(10)16/h1-7H,(H2,15,18,19). The quantitative estimate of drug-likeness (QED) is 0.762. The molecule has 0 aliphatic heterocycles. The Morgan fingerprint density at radius 3 is 2.00 bits per heavy atom. The summed E-state index contributed by atoms with van der Waals surface area (Å²) in [5.74, 6) is -1.08. The van der Waals surface area contributed by atoms with Gasteiger partial charge >= 0.3 is 10.3 Å². The third kappa shape index (κ3) is 2.22. The van der Waals surface area contributed by atoms with Gasteiger partial charge < -0.3 is 4.18 Å². The molecule has 3 rings (SSSR count). The second kappa shape index (κ2) is 4.51. The van der Waals surface area contributed by atoms with Gasteiger partial charge in [-0.3, -0.25) is 9.59 Å². The van der Waals surface area contributed by atoms with E-state index < -0.39 is 16.1 Å². The van der Waals surface area contributed by atoms with E-state index in [0.717, 1.165) is 0 Å². The molecule has 0 saturated heterocycles. The lowest BCUT2D eigenvalue weighted by Crippen LogP contribution is -2.25. The molecule has 0 bridgehead atoms. The number of hydrogen-bond donors (Lipinski definition) is 1. The average Bonchev–Trinajstić information content (AvgIpc) is 2.43. The van der Waals surface area contributed by atoms with Crippen molar-refractivity contribution in [3.05, 3.63) is 64.7 Å². The maximum Gasteiger partial charge on any atom is 0.380 e. The van der Waals surface area contributed by atoms with Gasteiger partial charge in [0, 0.05) is 16.7 Å². The Labute approximate surface area is 120 Å². The molecule has 21 heavy (non-hydrogen) atoms. The highest BCUT2D eigenvalue weighted by molar-refractivity contribution is 7.84. The van der Waals surface area contributed by atoms with Crippen LogP contribution in [0.2, 0.25) is 0 Å². The van der Waals surface area contributed by atoms with Crippen molar-refractivity contribution in [1.82, 2.24) is 0 Å². The molecule has 1 aliphatic rings. The number of carbonyl (C=O) groups excluding carboxylic acids is 2. The van der Waals surface area contributed by atoms with E-state index in [4.69, 9.17) is 5.14 Å². The minimum atomic E-state index is -4.29. The first-order valence-corrected chi connectivity index (χ1v) is 7.39. The second-order valence-corrected chi connectivity index (χ2v) is 5.61. The van der Waals surface area contributed by atoms with Crippen LogP contribution in [0.3, 0.4) is 0 Å². The third-order valence-electron chi connectivity index (χ3n) is 3.12. The number of rotatable bonds is 2. The second-order valence-electron chi connectivity index (χ2n) is 4.46. The maximum absolute atomic E-state index is 12.5. The van der Waals surface area contributed by atoms with Crippen LogP contribution in [0.25, 0.3) is 0 Å². The third-order valence-corrected chi connectivity index (χ3v) is 3.53. The van der Waals surface area contributed by atoms with Crippen LogP contribution in [0.5, 0.6) is 5.75 Å². The molecular weight excluding hydrogens is 294 g/mol. The largest absolute Gasteiger partial charge is 0.380 e. The summed E-state index contributed by atoms with van der Waals surface area (Å²) in [6, 6.07) is 10.5. The van der Waals surface area contributed by atoms with Gasteiger partial charge in [0.05, 0.1) is 5.56 Å². The topological polar surface area (TPSA) is 104 Å². The Kier molecular flexibility index (Phi) is 2.89. The number of benzene rings is 2. The molecule has 0 amide bonds. The van der Waals surface area contributed by atoms with Gasteiger partial charge in [-0.25, -0.2) is 0 Å². The molecule has 0 aromatic heterocycles. The highest BCUT2D eigenvalue weighted by Gasteiger charge is 2.32. The van der Waals surface area contributed by atoms with Gasteiger partial charge in [0.15, 0.2) is 17.3 Å². The normalized spacial score (nSPS) is 13.6. The van der Waals surface area contributed by atoms with Crippen LogP contribution >= 0.6 is 0 Å². The average molecular weight is 303 g/mol. The fourth-order valence-electron chi connectivity index (χ4n) is 2.31. The van der Waals surface area contributed by atoms with Gasteiger partial charge in [-0.2, -0.15) is 13.6 Å². The van der Waals surface area contributed by atoms with Crippen molar-refractivity contribution in [3.63, 3.8) is 0 Å². The summed E-state index contributed by atoms with van der Waals surface area (Å²) >= 11 is 0. The summed E-state index contributed by atoms with van der Waals surface area (Å²) in [4.78, 5) is 24.9. The van der Waals surface area contributed by atoms with E-state index in [0.29, 0.717) is 0 Å². The molecule has 6 nitrogen and oxygen atoms in total. The lowest BCUT2D eigenvalue weighted by Gasteiger charge is -2.19. The monoisotopic (exact) mass is 303 g/mol. The van der Waals surface area contributed by atoms with Crippen molar-refractivity contribution >= 4 is 21.9 Å². The van der Waals surface area contributed by atoms with Crippen molar-refractivity contribution in [2.75, 3.05) is 0 Å². The van der Waals surface area contributed by atoms with E-state index in [9.17, 15) is 18.0 Å². The zero-order chi connectivity index (χ0) is 15.2. The Balaban J connectivity index is 2.26. The van der Waals surface area contributed by atoms with Crippen LogP contribution in [-0.2, 0) is 10.3 Å². The van der Waals surface area contributed by atoms with Gasteiger partial charge in [-0.1, -0.05) is 36.4 Å². The Hall–Kier alpha value is -2.51. The minimum absolute atomic E-state index is 0.0878. The molecule has 1 aliphatic carbocycles. The number of nitrogens with two attached hydrogens (primary N) is 1. The molecule has 0 atom stereocenters. The summed E-state index contributed by atoms with van der Waals surface area (Å²) in [5.41, 5.74) is 0.498. The van der Waals surface area contributed by atoms with Crippen molar-refractivity contribution in [3.8, 4) is 5.75 Å². The fraction of sp³-hybridized carbons (Fsp3) is 0. The van der Waals surface area contributed by atoms with Gasteiger partial charge in [-0.15, -0.1) is 0 Å². The lowest BCUT2D eigenvalue weighted by atomic mass is 9.84. The molecule has 0 radical (unpaired) electrons. The SMILES string of the molecule is NS(=O)(=O)Oc1cccc2c1C(=O)c1ccccc1C2=O. The summed E-state index contributed by atoms with van der Waals surface area (Å²) in [7, 11) is -4.29. The zero-order valence-corrected chi connectivity index (χ0v) is 11.4. The number of fused-ring (bicyclic) bond motifs is 2. The van der Waals surface area contributed by atoms with Crippen molar-refractivity contribution in [2.24, 2.45) is 5.14 Å². The Morgan fingerprint density at radius 2 is 1.38 bits per heavy atom. The molecule has 7 heteroatoms. The first-order chi connectivity index (χ1) is 9.88. The first kappa shape index (κ1) is 13.5. The van der Waals surface area contributed by atoms with Gasteiger partial charge in [0.1, 0.15) is 0 Å². The van der Waals surface area contributed by atoms with E-state index >= 15 is 0 Å². The highest BCUT2D eigenvalue weighted by Crippen LogP contribution is 2.33. The molecular formula is C14H9NO5S. The minimum Gasteiger partial charge on any atom is -0.370 e. The van der Waals surface area contributed by atoms with Crippen LogP contribution in [-0.4, -0.2) is 20.0 Å². The lowest BCUT2D eigenvalue weighted by molar-refractivity contribution is 0.0977. The van der Waals surface area contributed by atoms with E-state index in [2.05, 4.69) is 4.18 Å². The number of hydrogen-bond acceptors (Lipinski definition) is 5. The zero-order valence-electron chi connectivity index (χ0n) is 10.6. The van der Waals surface area contributed by atoms with Crippen LogP contribution in [0, 0.1) is 0 Å². The van der Waals surface area contributed by atoms with Gasteiger partial charge in [0.2, 0.25) is 0 Å².